The molecule has 4 atom stereocenters. The van der Waals surface area contributed by atoms with Gasteiger partial charge in [-0.2, -0.15) is 0 Å². The summed E-state index contributed by atoms with van der Waals surface area (Å²) in [6.07, 6.45) is 1.58. The van der Waals surface area contributed by atoms with E-state index in [0.29, 0.717) is 4.38 Å². The first-order valence-corrected chi connectivity index (χ1v) is 8.91. The van der Waals surface area contributed by atoms with Gasteiger partial charge in [0, 0.05) is 6.42 Å². The average Bonchev–Trinajstić information content (AvgIpc) is 2.93. The minimum absolute atomic E-state index is 0.140. The van der Waals surface area contributed by atoms with E-state index in [9.17, 15) is 0 Å². The highest BCUT2D eigenvalue weighted by atomic mass is 32.2. The number of thiocarbonyl (C=S) groups is 1. The third-order valence-corrected chi connectivity index (χ3v) is 4.79. The van der Waals surface area contributed by atoms with Gasteiger partial charge in [-0.25, -0.2) is 0 Å². The van der Waals surface area contributed by atoms with Crippen molar-refractivity contribution >= 4 is 28.4 Å². The second kappa shape index (κ2) is 6.45. The van der Waals surface area contributed by atoms with Crippen LogP contribution in [0.2, 0.25) is 0 Å². The topological polar surface area (TPSA) is 36.9 Å². The lowest BCUT2D eigenvalue weighted by molar-refractivity contribution is -0.213. The maximum absolute atomic E-state index is 6.04. The van der Waals surface area contributed by atoms with Crippen LogP contribution >= 0.6 is 24.0 Å². The van der Waals surface area contributed by atoms with E-state index in [4.69, 9.17) is 31.2 Å². The first kappa shape index (κ1) is 16.2. The predicted molar refractivity (Wildman–Crippen MR) is 89.8 cm³/mol. The molecule has 0 saturated carbocycles. The summed E-state index contributed by atoms with van der Waals surface area (Å²) in [6.45, 7) is 3.76. The van der Waals surface area contributed by atoms with Crippen molar-refractivity contribution in [2.75, 3.05) is 6.26 Å². The molecule has 0 radical (unpaired) electrons. The normalized spacial score (nSPS) is 32.7. The molecule has 2 heterocycles. The summed E-state index contributed by atoms with van der Waals surface area (Å²) >= 11 is 6.63. The molecular weight excluding hydrogens is 320 g/mol. The van der Waals surface area contributed by atoms with Gasteiger partial charge >= 0.3 is 0 Å². The zero-order chi connectivity index (χ0) is 15.7. The molecule has 0 N–H and O–H groups in total. The van der Waals surface area contributed by atoms with E-state index in [-0.39, 0.29) is 18.3 Å². The van der Waals surface area contributed by atoms with Gasteiger partial charge in [-0.3, -0.25) is 0 Å². The van der Waals surface area contributed by atoms with Gasteiger partial charge in [0.15, 0.2) is 24.3 Å². The van der Waals surface area contributed by atoms with Gasteiger partial charge in [-0.05, 0) is 37.9 Å². The Bertz CT molecular complexity index is 534. The molecule has 2 fully saturated rings. The molecule has 1 aromatic rings. The Morgan fingerprint density at radius 2 is 2.00 bits per heavy atom. The van der Waals surface area contributed by atoms with E-state index >= 15 is 0 Å². The zero-order valence-corrected chi connectivity index (χ0v) is 14.5. The lowest BCUT2D eigenvalue weighted by atomic mass is 10.0. The van der Waals surface area contributed by atoms with Gasteiger partial charge in [0.1, 0.15) is 6.10 Å². The Morgan fingerprint density at radius 3 is 2.68 bits per heavy atom. The van der Waals surface area contributed by atoms with Gasteiger partial charge in [-0.1, -0.05) is 42.1 Å². The van der Waals surface area contributed by atoms with Gasteiger partial charge in [0.25, 0.3) is 0 Å². The quantitative estimate of drug-likeness (QED) is 0.787. The second-order valence-corrected chi connectivity index (χ2v) is 7.28. The highest BCUT2D eigenvalue weighted by molar-refractivity contribution is 8.22. The molecule has 0 aliphatic carbocycles. The number of hydrogen-bond acceptors (Lipinski definition) is 6. The summed E-state index contributed by atoms with van der Waals surface area (Å²) in [4.78, 5) is 0. The number of fused-ring (bicyclic) bond motifs is 1. The fraction of sp³-hybridized carbons (Fsp3) is 0.562. The Morgan fingerprint density at radius 1 is 1.27 bits per heavy atom. The maximum Gasteiger partial charge on any atom is 0.220 e. The van der Waals surface area contributed by atoms with E-state index in [1.807, 2.05) is 38.3 Å². The summed E-state index contributed by atoms with van der Waals surface area (Å²) in [5, 5.41) is 0. The van der Waals surface area contributed by atoms with Crippen molar-refractivity contribution in [1.29, 1.82) is 0 Å². The number of thioether (sulfide) groups is 1. The largest absolute Gasteiger partial charge is 0.469 e. The van der Waals surface area contributed by atoms with E-state index in [0.717, 1.165) is 6.42 Å². The lowest BCUT2D eigenvalue weighted by Gasteiger charge is -2.26. The van der Waals surface area contributed by atoms with E-state index in [2.05, 4.69) is 12.1 Å². The molecule has 2 saturated heterocycles. The first-order chi connectivity index (χ1) is 10.5. The molecule has 0 spiro atoms. The minimum atomic E-state index is -0.657. The summed E-state index contributed by atoms with van der Waals surface area (Å²) in [5.74, 6) is -0.657. The van der Waals surface area contributed by atoms with Gasteiger partial charge in [0.2, 0.25) is 4.38 Å². The van der Waals surface area contributed by atoms with Crippen molar-refractivity contribution in [2.24, 2.45) is 0 Å². The number of hydrogen-bond donors (Lipinski definition) is 0. The smallest absolute Gasteiger partial charge is 0.220 e. The van der Waals surface area contributed by atoms with Crippen LogP contribution in [-0.2, 0) is 25.4 Å². The van der Waals surface area contributed by atoms with Gasteiger partial charge in [-0.15, -0.1) is 0 Å². The summed E-state index contributed by atoms with van der Waals surface area (Å²) in [5.41, 5.74) is 1.19. The van der Waals surface area contributed by atoms with Crippen molar-refractivity contribution in [1.82, 2.24) is 0 Å². The molecule has 120 valence electrons. The summed E-state index contributed by atoms with van der Waals surface area (Å²) in [6, 6.07) is 10.2. The molecular formula is C16H20O4S2. The monoisotopic (exact) mass is 340 g/mol. The van der Waals surface area contributed by atoms with Crippen LogP contribution in [0.25, 0.3) is 0 Å². The Balaban J connectivity index is 1.76. The molecule has 4 nitrogen and oxygen atoms in total. The van der Waals surface area contributed by atoms with Crippen LogP contribution in [-0.4, -0.2) is 41.0 Å². The molecule has 6 heteroatoms. The number of benzene rings is 1. The molecule has 0 unspecified atom stereocenters. The number of ether oxygens (including phenoxy) is 4. The Kier molecular flexibility index (Phi) is 4.75. The average molecular weight is 340 g/mol. The van der Waals surface area contributed by atoms with E-state index in [1.54, 1.807) is 0 Å². The van der Waals surface area contributed by atoms with Crippen LogP contribution in [0, 0.1) is 0 Å². The van der Waals surface area contributed by atoms with Crippen LogP contribution in [0.3, 0.4) is 0 Å². The standard InChI is InChI=1S/C16H20O4S2/c1-16(2)19-13-12(18-15(21)22-3)11(17-14(13)20-16)9-10-7-5-4-6-8-10/h4-8,11-14H,9H2,1-3H3/t11-,12+,13-,14-/m1/s1. The van der Waals surface area contributed by atoms with Crippen LogP contribution < -0.4 is 0 Å². The molecule has 2 aliphatic heterocycles. The van der Waals surface area contributed by atoms with Gasteiger partial charge < -0.3 is 18.9 Å². The third-order valence-electron chi connectivity index (χ3n) is 3.77. The zero-order valence-electron chi connectivity index (χ0n) is 12.9. The summed E-state index contributed by atoms with van der Waals surface area (Å²) in [7, 11) is 0. The molecule has 1 aromatic carbocycles. The molecule has 0 aromatic heterocycles. The van der Waals surface area contributed by atoms with E-state index < -0.39 is 12.1 Å². The lowest BCUT2D eigenvalue weighted by Crippen LogP contribution is -2.38. The van der Waals surface area contributed by atoms with Crippen molar-refractivity contribution in [3.8, 4) is 0 Å². The molecule has 3 rings (SSSR count). The van der Waals surface area contributed by atoms with Crippen molar-refractivity contribution in [3.05, 3.63) is 35.9 Å². The molecule has 22 heavy (non-hydrogen) atoms. The summed E-state index contributed by atoms with van der Waals surface area (Å²) < 4.78 is 24.2. The first-order valence-electron chi connectivity index (χ1n) is 7.28. The van der Waals surface area contributed by atoms with Crippen LogP contribution in [0.15, 0.2) is 30.3 Å². The highest BCUT2D eigenvalue weighted by Crippen LogP contribution is 2.40. The number of rotatable bonds is 3. The van der Waals surface area contributed by atoms with E-state index in [1.165, 1.54) is 17.3 Å². The minimum Gasteiger partial charge on any atom is -0.469 e. The fourth-order valence-electron chi connectivity index (χ4n) is 2.86. The van der Waals surface area contributed by atoms with Crippen molar-refractivity contribution in [3.63, 3.8) is 0 Å². The highest BCUT2D eigenvalue weighted by Gasteiger charge is 2.56. The van der Waals surface area contributed by atoms with Crippen molar-refractivity contribution < 1.29 is 18.9 Å². The Labute approximate surface area is 140 Å². The molecule has 0 bridgehead atoms. The van der Waals surface area contributed by atoms with Gasteiger partial charge in [0.05, 0.1) is 0 Å². The third kappa shape index (κ3) is 3.46. The SMILES string of the molecule is CSC(=S)O[C@@H]1[C@H]2OC(C)(C)O[C@H]2O[C@@H]1Cc1ccccc1. The molecule has 2 aliphatic rings. The Hall–Kier alpha value is -0.660. The predicted octanol–water partition coefficient (Wildman–Crippen LogP) is 3.14. The van der Waals surface area contributed by atoms with Crippen molar-refractivity contribution in [2.45, 2.75) is 50.7 Å². The second-order valence-electron chi connectivity index (χ2n) is 5.87. The van der Waals surface area contributed by atoms with Crippen LogP contribution in [0.5, 0.6) is 0 Å². The fourth-order valence-corrected chi connectivity index (χ4v) is 3.18. The maximum atomic E-state index is 6.04. The van der Waals surface area contributed by atoms with Crippen LogP contribution in [0.1, 0.15) is 19.4 Å². The van der Waals surface area contributed by atoms with Crippen LogP contribution in [0.4, 0.5) is 0 Å². The molecule has 0 amide bonds.